The molecule has 0 spiro atoms. The van der Waals surface area contributed by atoms with E-state index in [1.807, 2.05) is 0 Å². The lowest BCUT2D eigenvalue weighted by Crippen LogP contribution is -2.27. The van der Waals surface area contributed by atoms with Gasteiger partial charge < -0.3 is 10.4 Å². The summed E-state index contributed by atoms with van der Waals surface area (Å²) in [7, 11) is 0. The van der Waals surface area contributed by atoms with E-state index in [0.717, 1.165) is 11.6 Å². The lowest BCUT2D eigenvalue weighted by Gasteiger charge is -2.08. The Balaban J connectivity index is 1.85. The minimum absolute atomic E-state index is 0.0829. The molecule has 3 nitrogen and oxygen atoms in total. The summed E-state index contributed by atoms with van der Waals surface area (Å²) < 4.78 is 13.5. The summed E-state index contributed by atoms with van der Waals surface area (Å²) in [5, 5.41) is 12.9. The molecule has 0 aliphatic heterocycles. The summed E-state index contributed by atoms with van der Waals surface area (Å²) in [5.41, 5.74) is 1.11. The van der Waals surface area contributed by atoms with Crippen molar-refractivity contribution in [2.75, 3.05) is 6.54 Å². The van der Waals surface area contributed by atoms with Crippen LogP contribution in [0, 0.1) is 5.82 Å². The van der Waals surface area contributed by atoms with Crippen LogP contribution in [0.2, 0.25) is 10.0 Å². The fourth-order valence-electron chi connectivity index (χ4n) is 1.98. The molecule has 0 aliphatic rings. The fourth-order valence-corrected chi connectivity index (χ4v) is 2.48. The molecular formula is C16H14Cl2FNO2. The van der Waals surface area contributed by atoms with Crippen molar-refractivity contribution in [3.05, 3.63) is 63.4 Å². The summed E-state index contributed by atoms with van der Waals surface area (Å²) in [6, 6.07) is 8.90. The smallest absolute Gasteiger partial charge is 0.224 e. The average molecular weight is 342 g/mol. The number of benzene rings is 2. The second-order valence-electron chi connectivity index (χ2n) is 4.79. The molecule has 0 aromatic heterocycles. The predicted octanol–water partition coefficient (Wildman–Crippen LogP) is 3.74. The molecule has 2 aromatic carbocycles. The van der Waals surface area contributed by atoms with Gasteiger partial charge in [-0.05, 0) is 35.7 Å². The minimum atomic E-state index is -0.601. The van der Waals surface area contributed by atoms with Gasteiger partial charge in [0.25, 0.3) is 0 Å². The van der Waals surface area contributed by atoms with Crippen molar-refractivity contribution >= 4 is 29.1 Å². The molecule has 0 unspecified atom stereocenters. The number of halogens is 3. The molecular weight excluding hydrogens is 328 g/mol. The topological polar surface area (TPSA) is 49.3 Å². The summed E-state index contributed by atoms with van der Waals surface area (Å²) in [4.78, 5) is 11.8. The van der Waals surface area contributed by atoms with E-state index < -0.39 is 5.82 Å². The Morgan fingerprint density at radius 3 is 2.55 bits per heavy atom. The molecule has 116 valence electrons. The van der Waals surface area contributed by atoms with Gasteiger partial charge in [-0.2, -0.15) is 0 Å². The van der Waals surface area contributed by atoms with Gasteiger partial charge in [-0.25, -0.2) is 4.39 Å². The second-order valence-corrected chi connectivity index (χ2v) is 5.63. The molecule has 0 bridgehead atoms. The zero-order chi connectivity index (χ0) is 16.1. The Labute approximate surface area is 137 Å². The van der Waals surface area contributed by atoms with Crippen LogP contribution >= 0.6 is 23.2 Å². The van der Waals surface area contributed by atoms with E-state index in [1.54, 1.807) is 18.2 Å². The van der Waals surface area contributed by atoms with E-state index in [9.17, 15) is 9.18 Å². The van der Waals surface area contributed by atoms with Gasteiger partial charge in [-0.3, -0.25) is 4.79 Å². The molecule has 0 saturated carbocycles. The number of phenols is 1. The fraction of sp³-hybridized carbons (Fsp3) is 0.188. The first-order valence-corrected chi connectivity index (χ1v) is 7.39. The standard InChI is InChI=1S/C16H14Cl2FNO2/c17-12-3-1-10(14(18)8-12)5-6-20-16(22)7-11-2-4-13(21)9-15(11)19/h1-4,8-9,21H,5-7H2,(H,20,22). The monoisotopic (exact) mass is 341 g/mol. The summed E-state index contributed by atoms with van der Waals surface area (Å²) in [6.07, 6.45) is 0.472. The van der Waals surface area contributed by atoms with Crippen molar-refractivity contribution < 1.29 is 14.3 Å². The van der Waals surface area contributed by atoms with Gasteiger partial charge in [-0.15, -0.1) is 0 Å². The average Bonchev–Trinajstić information content (AvgIpc) is 2.44. The van der Waals surface area contributed by atoms with E-state index in [4.69, 9.17) is 28.3 Å². The normalized spacial score (nSPS) is 10.5. The molecule has 0 aliphatic carbocycles. The third-order valence-electron chi connectivity index (χ3n) is 3.12. The van der Waals surface area contributed by atoms with Crippen molar-refractivity contribution in [1.82, 2.24) is 5.32 Å². The zero-order valence-electron chi connectivity index (χ0n) is 11.6. The lowest BCUT2D eigenvalue weighted by atomic mass is 10.1. The quantitative estimate of drug-likeness (QED) is 0.870. The van der Waals surface area contributed by atoms with Crippen LogP contribution in [0.1, 0.15) is 11.1 Å². The molecule has 22 heavy (non-hydrogen) atoms. The Morgan fingerprint density at radius 1 is 1.14 bits per heavy atom. The van der Waals surface area contributed by atoms with Crippen LogP contribution in [-0.2, 0) is 17.6 Å². The molecule has 1 amide bonds. The maximum atomic E-state index is 13.5. The largest absolute Gasteiger partial charge is 0.508 e. The Morgan fingerprint density at radius 2 is 1.86 bits per heavy atom. The summed E-state index contributed by atoms with van der Waals surface area (Å²) in [5.74, 6) is -1.07. The van der Waals surface area contributed by atoms with Crippen molar-refractivity contribution in [2.24, 2.45) is 0 Å². The number of phenolic OH excluding ortho intramolecular Hbond substituents is 1. The highest BCUT2D eigenvalue weighted by molar-refractivity contribution is 6.35. The van der Waals surface area contributed by atoms with Crippen LogP contribution < -0.4 is 5.32 Å². The molecule has 0 fully saturated rings. The molecule has 2 aromatic rings. The number of carbonyl (C=O) groups is 1. The minimum Gasteiger partial charge on any atom is -0.508 e. The number of rotatable bonds is 5. The SMILES string of the molecule is O=C(Cc1ccc(O)cc1F)NCCc1ccc(Cl)cc1Cl. The van der Waals surface area contributed by atoms with Crippen LogP contribution in [0.5, 0.6) is 5.75 Å². The van der Waals surface area contributed by atoms with Crippen molar-refractivity contribution in [2.45, 2.75) is 12.8 Å². The van der Waals surface area contributed by atoms with Gasteiger partial charge in [0, 0.05) is 22.7 Å². The molecule has 2 rings (SSSR count). The van der Waals surface area contributed by atoms with Gasteiger partial charge in [0.15, 0.2) is 0 Å². The third kappa shape index (κ3) is 4.61. The third-order valence-corrected chi connectivity index (χ3v) is 3.71. The molecule has 0 heterocycles. The number of hydrogen-bond donors (Lipinski definition) is 2. The number of amides is 1. The van der Waals surface area contributed by atoms with E-state index in [0.29, 0.717) is 23.0 Å². The number of aromatic hydroxyl groups is 1. The summed E-state index contributed by atoms with van der Waals surface area (Å²) >= 11 is 11.8. The first kappa shape index (κ1) is 16.6. The second kappa shape index (κ2) is 7.47. The van der Waals surface area contributed by atoms with Crippen molar-refractivity contribution in [3.8, 4) is 5.75 Å². The number of hydrogen-bond acceptors (Lipinski definition) is 2. The summed E-state index contributed by atoms with van der Waals surface area (Å²) in [6.45, 7) is 0.389. The molecule has 6 heteroatoms. The first-order chi connectivity index (χ1) is 10.5. The highest BCUT2D eigenvalue weighted by Crippen LogP contribution is 2.21. The van der Waals surface area contributed by atoms with Gasteiger partial charge in [0.05, 0.1) is 6.42 Å². The van der Waals surface area contributed by atoms with Gasteiger partial charge in [0.1, 0.15) is 11.6 Å². The Hall–Kier alpha value is -1.78. The highest BCUT2D eigenvalue weighted by atomic mass is 35.5. The molecule has 2 N–H and O–H groups in total. The number of nitrogens with one attached hydrogen (secondary N) is 1. The Kier molecular flexibility index (Phi) is 5.63. The van der Waals surface area contributed by atoms with Crippen LogP contribution in [0.3, 0.4) is 0 Å². The van der Waals surface area contributed by atoms with E-state index in [1.165, 1.54) is 12.1 Å². The number of carbonyl (C=O) groups excluding carboxylic acids is 1. The van der Waals surface area contributed by atoms with Gasteiger partial charge in [-0.1, -0.05) is 35.3 Å². The predicted molar refractivity (Wildman–Crippen MR) is 84.9 cm³/mol. The Bertz CT molecular complexity index is 692. The van der Waals surface area contributed by atoms with Crippen LogP contribution in [0.25, 0.3) is 0 Å². The van der Waals surface area contributed by atoms with E-state index in [2.05, 4.69) is 5.32 Å². The van der Waals surface area contributed by atoms with Crippen LogP contribution in [0.15, 0.2) is 36.4 Å². The van der Waals surface area contributed by atoms with Crippen LogP contribution in [-0.4, -0.2) is 17.6 Å². The zero-order valence-corrected chi connectivity index (χ0v) is 13.1. The van der Waals surface area contributed by atoms with Crippen molar-refractivity contribution in [1.29, 1.82) is 0 Å². The maximum absolute atomic E-state index is 13.5. The molecule has 0 atom stereocenters. The highest BCUT2D eigenvalue weighted by Gasteiger charge is 2.09. The first-order valence-electron chi connectivity index (χ1n) is 6.63. The van der Waals surface area contributed by atoms with Crippen LogP contribution in [0.4, 0.5) is 4.39 Å². The molecule has 0 radical (unpaired) electrons. The maximum Gasteiger partial charge on any atom is 0.224 e. The van der Waals surface area contributed by atoms with Gasteiger partial charge >= 0.3 is 0 Å². The lowest BCUT2D eigenvalue weighted by molar-refractivity contribution is -0.120. The van der Waals surface area contributed by atoms with Crippen molar-refractivity contribution in [3.63, 3.8) is 0 Å². The molecule has 0 saturated heterocycles. The van der Waals surface area contributed by atoms with E-state index in [-0.39, 0.29) is 23.6 Å². The van der Waals surface area contributed by atoms with Gasteiger partial charge in [0.2, 0.25) is 5.91 Å². The van der Waals surface area contributed by atoms with E-state index >= 15 is 0 Å².